The Bertz CT molecular complexity index is 1030. The lowest BCUT2D eigenvalue weighted by atomic mass is 10.2. The molecule has 7 heteroatoms. The Kier molecular flexibility index (Phi) is 4.07. The topological polar surface area (TPSA) is 64.2 Å². The lowest BCUT2D eigenvalue weighted by Gasteiger charge is -2.04. The second kappa shape index (κ2) is 6.52. The molecule has 6 nitrogen and oxygen atoms in total. The van der Waals surface area contributed by atoms with Crippen LogP contribution in [0.4, 0.5) is 0 Å². The van der Waals surface area contributed by atoms with Gasteiger partial charge in [0.2, 0.25) is 0 Å². The number of amides is 1. The van der Waals surface area contributed by atoms with Gasteiger partial charge in [0.05, 0.1) is 11.1 Å². The molecule has 0 spiro atoms. The fraction of sp³-hybridized carbons (Fsp3) is 0.167. The highest BCUT2D eigenvalue weighted by Gasteiger charge is 2.11. The maximum Gasteiger partial charge on any atom is 0.261 e. The van der Waals surface area contributed by atoms with Crippen molar-refractivity contribution in [3.05, 3.63) is 65.7 Å². The van der Waals surface area contributed by atoms with Crippen molar-refractivity contribution in [3.8, 4) is 10.4 Å². The summed E-state index contributed by atoms with van der Waals surface area (Å²) >= 11 is 1.48. The molecule has 0 saturated heterocycles. The summed E-state index contributed by atoms with van der Waals surface area (Å²) in [5.41, 5.74) is 2.93. The van der Waals surface area contributed by atoms with Crippen molar-refractivity contribution >= 4 is 22.9 Å². The summed E-state index contributed by atoms with van der Waals surface area (Å²) < 4.78 is 3.81. The van der Waals surface area contributed by atoms with Crippen LogP contribution >= 0.6 is 11.3 Å². The van der Waals surface area contributed by atoms with Gasteiger partial charge in [0.15, 0.2) is 0 Å². The van der Waals surface area contributed by atoms with Crippen molar-refractivity contribution in [1.29, 1.82) is 0 Å². The van der Waals surface area contributed by atoms with Crippen LogP contribution in [0.5, 0.6) is 0 Å². The molecule has 126 valence electrons. The number of aryl methyl sites for hydroxylation is 1. The van der Waals surface area contributed by atoms with Crippen LogP contribution in [0.3, 0.4) is 0 Å². The van der Waals surface area contributed by atoms with Crippen LogP contribution in [0.15, 0.2) is 55.2 Å². The van der Waals surface area contributed by atoms with Crippen LogP contribution in [0.1, 0.15) is 22.2 Å². The molecule has 0 aromatic carbocycles. The predicted octanol–water partition coefficient (Wildman–Crippen LogP) is 3.21. The SMILES string of the molecule is CCn1cc(-c2ccc(C(=O)NCc3ccn4ccnc4c3)s2)cn1. The van der Waals surface area contributed by atoms with Gasteiger partial charge in [-0.3, -0.25) is 9.48 Å². The Morgan fingerprint density at radius 1 is 1.28 bits per heavy atom. The van der Waals surface area contributed by atoms with E-state index < -0.39 is 0 Å². The van der Waals surface area contributed by atoms with Gasteiger partial charge in [-0.2, -0.15) is 5.10 Å². The molecule has 0 aliphatic rings. The van der Waals surface area contributed by atoms with Crippen molar-refractivity contribution in [2.45, 2.75) is 20.0 Å². The Labute approximate surface area is 148 Å². The molecule has 1 N–H and O–H groups in total. The summed E-state index contributed by atoms with van der Waals surface area (Å²) in [6.45, 7) is 3.35. The van der Waals surface area contributed by atoms with E-state index in [1.165, 1.54) is 11.3 Å². The third kappa shape index (κ3) is 3.18. The standard InChI is InChI=1S/C18H17N5OS/c1-2-23-12-14(11-21-23)15-3-4-16(25-15)18(24)20-10-13-5-7-22-8-6-19-17(22)9-13/h3-9,11-12H,2,10H2,1H3,(H,20,24). The molecule has 0 atom stereocenters. The summed E-state index contributed by atoms with van der Waals surface area (Å²) in [4.78, 5) is 18.4. The first kappa shape index (κ1) is 15.6. The highest BCUT2D eigenvalue weighted by atomic mass is 32.1. The Morgan fingerprint density at radius 2 is 2.20 bits per heavy atom. The van der Waals surface area contributed by atoms with Gasteiger partial charge in [-0.25, -0.2) is 4.98 Å². The first-order chi connectivity index (χ1) is 12.2. The Hall–Kier alpha value is -2.93. The number of pyridine rings is 1. The number of imidazole rings is 1. The van der Waals surface area contributed by atoms with Crippen LogP contribution < -0.4 is 5.32 Å². The number of aromatic nitrogens is 4. The normalized spacial score (nSPS) is 11.1. The number of nitrogens with one attached hydrogen (secondary N) is 1. The molecule has 0 radical (unpaired) electrons. The summed E-state index contributed by atoms with van der Waals surface area (Å²) in [6, 6.07) is 7.77. The van der Waals surface area contributed by atoms with E-state index in [-0.39, 0.29) is 5.91 Å². The molecule has 0 unspecified atom stereocenters. The minimum absolute atomic E-state index is 0.0673. The number of rotatable bonds is 5. The average Bonchev–Trinajstić information content (AvgIpc) is 3.38. The quantitative estimate of drug-likeness (QED) is 0.600. The van der Waals surface area contributed by atoms with Crippen LogP contribution in [0.25, 0.3) is 16.1 Å². The molecular weight excluding hydrogens is 334 g/mol. The Balaban J connectivity index is 1.44. The molecule has 4 aromatic heterocycles. The zero-order valence-electron chi connectivity index (χ0n) is 13.7. The minimum atomic E-state index is -0.0673. The average molecular weight is 351 g/mol. The number of fused-ring (bicyclic) bond motifs is 1. The molecule has 0 aliphatic heterocycles. The van der Waals surface area contributed by atoms with Crippen LogP contribution in [-0.4, -0.2) is 25.1 Å². The lowest BCUT2D eigenvalue weighted by molar-refractivity contribution is 0.0955. The predicted molar refractivity (Wildman–Crippen MR) is 97.6 cm³/mol. The highest BCUT2D eigenvalue weighted by molar-refractivity contribution is 7.17. The zero-order valence-corrected chi connectivity index (χ0v) is 14.5. The monoisotopic (exact) mass is 351 g/mol. The molecule has 1 amide bonds. The van der Waals surface area contributed by atoms with Gasteiger partial charge >= 0.3 is 0 Å². The largest absolute Gasteiger partial charge is 0.347 e. The van der Waals surface area contributed by atoms with Gasteiger partial charge < -0.3 is 9.72 Å². The van der Waals surface area contributed by atoms with Gasteiger partial charge in [0, 0.05) is 48.3 Å². The summed E-state index contributed by atoms with van der Waals surface area (Å²) in [6.07, 6.45) is 9.42. The van der Waals surface area contributed by atoms with E-state index in [9.17, 15) is 4.79 Å². The first-order valence-corrected chi connectivity index (χ1v) is 8.87. The molecular formula is C18H17N5OS. The van der Waals surface area contributed by atoms with Crippen LogP contribution in [0, 0.1) is 0 Å². The first-order valence-electron chi connectivity index (χ1n) is 8.05. The van der Waals surface area contributed by atoms with Gasteiger partial charge in [-0.15, -0.1) is 11.3 Å². The van der Waals surface area contributed by atoms with Crippen molar-refractivity contribution in [2.24, 2.45) is 0 Å². The van der Waals surface area contributed by atoms with E-state index in [1.54, 1.807) is 6.20 Å². The zero-order chi connectivity index (χ0) is 17.2. The lowest BCUT2D eigenvalue weighted by Crippen LogP contribution is -2.21. The maximum absolute atomic E-state index is 12.4. The van der Waals surface area contributed by atoms with Gasteiger partial charge in [0.1, 0.15) is 5.65 Å². The van der Waals surface area contributed by atoms with Gasteiger partial charge in [-0.05, 0) is 36.8 Å². The fourth-order valence-electron chi connectivity index (χ4n) is 2.61. The van der Waals surface area contributed by atoms with Gasteiger partial charge in [0.25, 0.3) is 5.91 Å². The van der Waals surface area contributed by atoms with E-state index in [4.69, 9.17) is 0 Å². The number of carbonyl (C=O) groups is 1. The van der Waals surface area contributed by atoms with Crippen molar-refractivity contribution < 1.29 is 4.79 Å². The molecule has 0 saturated carbocycles. The van der Waals surface area contributed by atoms with Crippen molar-refractivity contribution in [2.75, 3.05) is 0 Å². The Morgan fingerprint density at radius 3 is 3.04 bits per heavy atom. The molecule has 4 heterocycles. The van der Waals surface area contributed by atoms with Crippen LogP contribution in [0.2, 0.25) is 0 Å². The number of carbonyl (C=O) groups excluding carboxylic acids is 1. The minimum Gasteiger partial charge on any atom is -0.347 e. The summed E-state index contributed by atoms with van der Waals surface area (Å²) in [7, 11) is 0. The highest BCUT2D eigenvalue weighted by Crippen LogP contribution is 2.27. The van der Waals surface area contributed by atoms with Crippen molar-refractivity contribution in [3.63, 3.8) is 0 Å². The summed E-state index contributed by atoms with van der Waals surface area (Å²) in [5.74, 6) is -0.0673. The maximum atomic E-state index is 12.4. The molecule has 0 aliphatic carbocycles. The summed E-state index contributed by atoms with van der Waals surface area (Å²) in [5, 5.41) is 7.24. The van der Waals surface area contributed by atoms with E-state index >= 15 is 0 Å². The van der Waals surface area contributed by atoms with E-state index in [2.05, 4.69) is 15.4 Å². The van der Waals surface area contributed by atoms with Gasteiger partial charge in [-0.1, -0.05) is 0 Å². The van der Waals surface area contributed by atoms with E-state index in [1.807, 2.05) is 65.1 Å². The van der Waals surface area contributed by atoms with E-state index in [0.29, 0.717) is 11.4 Å². The molecule has 0 fully saturated rings. The van der Waals surface area contributed by atoms with E-state index in [0.717, 1.165) is 28.2 Å². The number of hydrogen-bond donors (Lipinski definition) is 1. The molecule has 4 aromatic rings. The number of nitrogens with zero attached hydrogens (tertiary/aromatic N) is 4. The molecule has 0 bridgehead atoms. The second-order valence-corrected chi connectivity index (χ2v) is 6.74. The fourth-order valence-corrected chi connectivity index (χ4v) is 3.51. The third-order valence-electron chi connectivity index (χ3n) is 3.99. The smallest absolute Gasteiger partial charge is 0.261 e. The number of thiophene rings is 1. The number of hydrogen-bond acceptors (Lipinski definition) is 4. The van der Waals surface area contributed by atoms with Crippen LogP contribution in [-0.2, 0) is 13.1 Å². The van der Waals surface area contributed by atoms with Crippen molar-refractivity contribution in [1.82, 2.24) is 24.5 Å². The second-order valence-electron chi connectivity index (χ2n) is 5.66. The molecule has 4 rings (SSSR count). The molecule has 25 heavy (non-hydrogen) atoms. The third-order valence-corrected chi connectivity index (χ3v) is 5.12.